The molecule has 0 saturated heterocycles. The molecule has 0 aliphatic carbocycles. The Balaban J connectivity index is 2.03. The quantitative estimate of drug-likeness (QED) is 0.749. The second kappa shape index (κ2) is 6.29. The van der Waals surface area contributed by atoms with Crippen LogP contribution in [0.2, 0.25) is 15.1 Å². The Morgan fingerprint density at radius 1 is 0.947 bits per heavy atom. The summed E-state index contributed by atoms with van der Waals surface area (Å²) in [6.07, 6.45) is 0. The van der Waals surface area contributed by atoms with Crippen molar-refractivity contribution in [2.75, 3.05) is 6.61 Å². The highest BCUT2D eigenvalue weighted by Gasteiger charge is 2.11. The Bertz CT molecular complexity index is 594. The zero-order valence-electron chi connectivity index (χ0n) is 9.70. The maximum atomic E-state index is 11.9. The summed E-state index contributed by atoms with van der Waals surface area (Å²) in [6.45, 7) is -0.0943. The van der Waals surface area contributed by atoms with Gasteiger partial charge >= 0.3 is 0 Å². The maximum Gasteiger partial charge on any atom is 0.201 e. The molecule has 0 atom stereocenters. The smallest absolute Gasteiger partial charge is 0.201 e. The molecule has 0 bridgehead atoms. The number of rotatable bonds is 4. The van der Waals surface area contributed by atoms with Crippen molar-refractivity contribution >= 4 is 40.6 Å². The van der Waals surface area contributed by atoms with Crippen LogP contribution >= 0.6 is 34.8 Å². The fraction of sp³-hybridized carbons (Fsp3) is 0.0714. The van der Waals surface area contributed by atoms with E-state index in [0.29, 0.717) is 26.4 Å². The van der Waals surface area contributed by atoms with Crippen LogP contribution in [0.4, 0.5) is 0 Å². The van der Waals surface area contributed by atoms with Crippen molar-refractivity contribution in [1.82, 2.24) is 0 Å². The molecular weight excluding hydrogens is 307 g/mol. The van der Waals surface area contributed by atoms with Gasteiger partial charge in [0.1, 0.15) is 5.75 Å². The van der Waals surface area contributed by atoms with Crippen molar-refractivity contribution in [1.29, 1.82) is 0 Å². The van der Waals surface area contributed by atoms with E-state index in [-0.39, 0.29) is 12.4 Å². The van der Waals surface area contributed by atoms with Crippen molar-refractivity contribution in [3.8, 4) is 5.75 Å². The first-order chi connectivity index (χ1) is 9.06. The SMILES string of the molecule is O=C(COc1ccc(Cl)cc1)c1ccc(Cl)cc1Cl. The van der Waals surface area contributed by atoms with E-state index in [1.54, 1.807) is 36.4 Å². The van der Waals surface area contributed by atoms with Crippen LogP contribution in [0.1, 0.15) is 10.4 Å². The summed E-state index contributed by atoms with van der Waals surface area (Å²) < 4.78 is 5.36. The molecule has 98 valence electrons. The van der Waals surface area contributed by atoms with Crippen LogP contribution in [-0.4, -0.2) is 12.4 Å². The first-order valence-corrected chi connectivity index (χ1v) is 6.56. The van der Waals surface area contributed by atoms with Crippen LogP contribution in [0, 0.1) is 0 Å². The minimum Gasteiger partial charge on any atom is -0.485 e. The van der Waals surface area contributed by atoms with E-state index >= 15 is 0 Å². The van der Waals surface area contributed by atoms with Crippen molar-refractivity contribution in [2.24, 2.45) is 0 Å². The lowest BCUT2D eigenvalue weighted by Gasteiger charge is -2.07. The van der Waals surface area contributed by atoms with Crippen LogP contribution in [-0.2, 0) is 0 Å². The number of benzene rings is 2. The summed E-state index contributed by atoms with van der Waals surface area (Å²) in [5, 5.41) is 1.41. The predicted octanol–water partition coefficient (Wildman–Crippen LogP) is 4.91. The summed E-state index contributed by atoms with van der Waals surface area (Å²) in [6, 6.07) is 11.5. The summed E-state index contributed by atoms with van der Waals surface area (Å²) in [5.41, 5.74) is 0.389. The molecule has 0 aromatic heterocycles. The van der Waals surface area contributed by atoms with Gasteiger partial charge in [-0.05, 0) is 42.5 Å². The Morgan fingerprint density at radius 2 is 1.58 bits per heavy atom. The average Bonchev–Trinajstić information content (AvgIpc) is 2.37. The average molecular weight is 316 g/mol. The lowest BCUT2D eigenvalue weighted by Crippen LogP contribution is -2.12. The maximum absolute atomic E-state index is 11.9. The minimum absolute atomic E-state index is 0.0943. The molecule has 0 unspecified atom stereocenters. The monoisotopic (exact) mass is 314 g/mol. The Kier molecular flexibility index (Phi) is 4.70. The third-order valence-electron chi connectivity index (χ3n) is 2.42. The summed E-state index contributed by atoms with van der Waals surface area (Å²) in [5.74, 6) is 0.361. The van der Waals surface area contributed by atoms with Crippen molar-refractivity contribution in [3.63, 3.8) is 0 Å². The molecule has 5 heteroatoms. The summed E-state index contributed by atoms with van der Waals surface area (Å²) in [4.78, 5) is 11.9. The fourth-order valence-electron chi connectivity index (χ4n) is 1.47. The highest BCUT2D eigenvalue weighted by molar-refractivity contribution is 6.36. The minimum atomic E-state index is -0.211. The molecule has 19 heavy (non-hydrogen) atoms. The Labute approximate surface area is 125 Å². The van der Waals surface area contributed by atoms with E-state index in [1.165, 1.54) is 6.07 Å². The van der Waals surface area contributed by atoms with Gasteiger partial charge in [-0.1, -0.05) is 34.8 Å². The lowest BCUT2D eigenvalue weighted by atomic mass is 10.1. The van der Waals surface area contributed by atoms with Gasteiger partial charge in [0.05, 0.1) is 5.02 Å². The highest BCUT2D eigenvalue weighted by atomic mass is 35.5. The number of hydrogen-bond acceptors (Lipinski definition) is 2. The van der Waals surface area contributed by atoms with E-state index in [2.05, 4.69) is 0 Å². The van der Waals surface area contributed by atoms with E-state index < -0.39 is 0 Å². The highest BCUT2D eigenvalue weighted by Crippen LogP contribution is 2.22. The van der Waals surface area contributed by atoms with Crippen molar-refractivity contribution in [2.45, 2.75) is 0 Å². The summed E-state index contributed by atoms with van der Waals surface area (Å²) in [7, 11) is 0. The largest absolute Gasteiger partial charge is 0.485 e. The van der Waals surface area contributed by atoms with Gasteiger partial charge in [-0.15, -0.1) is 0 Å². The van der Waals surface area contributed by atoms with E-state index in [4.69, 9.17) is 39.5 Å². The number of Topliss-reactive ketones (excluding diaryl/α,β-unsaturated/α-hetero) is 1. The normalized spacial score (nSPS) is 10.3. The third kappa shape index (κ3) is 3.87. The third-order valence-corrected chi connectivity index (χ3v) is 3.21. The standard InChI is InChI=1S/C14H9Cl3O2/c15-9-1-4-11(5-2-9)19-8-14(18)12-6-3-10(16)7-13(12)17/h1-7H,8H2. The van der Waals surface area contributed by atoms with Crippen LogP contribution < -0.4 is 4.74 Å². The second-order valence-electron chi connectivity index (χ2n) is 3.79. The van der Waals surface area contributed by atoms with Crippen molar-refractivity contribution in [3.05, 3.63) is 63.1 Å². The van der Waals surface area contributed by atoms with Crippen LogP contribution in [0.15, 0.2) is 42.5 Å². The molecule has 0 radical (unpaired) electrons. The fourth-order valence-corrected chi connectivity index (χ4v) is 2.11. The van der Waals surface area contributed by atoms with E-state index in [0.717, 1.165) is 0 Å². The number of ether oxygens (including phenoxy) is 1. The molecule has 0 spiro atoms. The first-order valence-electron chi connectivity index (χ1n) is 5.43. The molecule has 0 aliphatic heterocycles. The molecule has 2 aromatic carbocycles. The topological polar surface area (TPSA) is 26.3 Å². The van der Waals surface area contributed by atoms with Crippen LogP contribution in [0.3, 0.4) is 0 Å². The first kappa shape index (κ1) is 14.2. The van der Waals surface area contributed by atoms with Gasteiger partial charge in [-0.25, -0.2) is 0 Å². The zero-order chi connectivity index (χ0) is 13.8. The molecule has 2 rings (SSSR count). The Hall–Kier alpha value is -1.22. The predicted molar refractivity (Wildman–Crippen MR) is 77.7 cm³/mol. The van der Waals surface area contributed by atoms with Gasteiger partial charge in [0.15, 0.2) is 6.61 Å². The number of halogens is 3. The summed E-state index contributed by atoms with van der Waals surface area (Å²) >= 11 is 17.5. The van der Waals surface area contributed by atoms with Gasteiger partial charge < -0.3 is 4.74 Å². The van der Waals surface area contributed by atoms with Gasteiger partial charge in [-0.2, -0.15) is 0 Å². The molecule has 0 fully saturated rings. The van der Waals surface area contributed by atoms with E-state index in [1.807, 2.05) is 0 Å². The van der Waals surface area contributed by atoms with Crippen molar-refractivity contribution < 1.29 is 9.53 Å². The molecular formula is C14H9Cl3O2. The molecule has 0 N–H and O–H groups in total. The number of carbonyl (C=O) groups is 1. The second-order valence-corrected chi connectivity index (χ2v) is 5.07. The molecule has 0 saturated carbocycles. The number of hydrogen-bond donors (Lipinski definition) is 0. The number of carbonyl (C=O) groups excluding carboxylic acids is 1. The van der Waals surface area contributed by atoms with Crippen LogP contribution in [0.5, 0.6) is 5.75 Å². The molecule has 0 aliphatic rings. The van der Waals surface area contributed by atoms with E-state index in [9.17, 15) is 4.79 Å². The molecule has 0 amide bonds. The van der Waals surface area contributed by atoms with Gasteiger partial charge in [-0.3, -0.25) is 4.79 Å². The lowest BCUT2D eigenvalue weighted by molar-refractivity contribution is 0.0921. The molecule has 2 nitrogen and oxygen atoms in total. The molecule has 0 heterocycles. The van der Waals surface area contributed by atoms with Gasteiger partial charge in [0, 0.05) is 15.6 Å². The molecule has 2 aromatic rings. The van der Waals surface area contributed by atoms with Gasteiger partial charge in [0.25, 0.3) is 0 Å². The Morgan fingerprint density at radius 3 is 2.21 bits per heavy atom. The number of ketones is 1. The van der Waals surface area contributed by atoms with Gasteiger partial charge in [0.2, 0.25) is 5.78 Å². The van der Waals surface area contributed by atoms with Crippen LogP contribution in [0.25, 0.3) is 0 Å². The zero-order valence-corrected chi connectivity index (χ0v) is 12.0.